The molecule has 1 aromatic heterocycles. The predicted molar refractivity (Wildman–Crippen MR) is 21.6 cm³/mol. The minimum absolute atomic E-state index is 0.102. The van der Waals surface area contributed by atoms with Crippen molar-refractivity contribution in [2.45, 2.75) is 0 Å². The Hall–Kier alpha value is -1.19. The van der Waals surface area contributed by atoms with E-state index in [-0.39, 0.29) is 5.82 Å². The summed E-state index contributed by atoms with van der Waals surface area (Å²) < 4.78 is 0. The van der Waals surface area contributed by atoms with Gasteiger partial charge in [0.2, 0.25) is 0 Å². The first-order valence-electron chi connectivity index (χ1n) is 1.73. The van der Waals surface area contributed by atoms with Crippen LogP contribution in [0.4, 0.5) is 5.82 Å². The Morgan fingerprint density at radius 1 is 1.57 bits per heavy atom. The Bertz CT molecular complexity index is 137. The van der Waals surface area contributed by atoms with E-state index < -0.39 is 0 Å². The van der Waals surface area contributed by atoms with Gasteiger partial charge in [-0.25, -0.2) is 0 Å². The van der Waals surface area contributed by atoms with Crippen molar-refractivity contribution in [2.75, 3.05) is 0 Å². The molecule has 0 fully saturated rings. The maximum absolute atomic E-state index is 8.42. The van der Waals surface area contributed by atoms with E-state index in [1.54, 1.807) is 0 Å². The molecule has 4 heteroatoms. The summed E-state index contributed by atoms with van der Waals surface area (Å²) >= 11 is 0. The molecule has 0 saturated heterocycles. The van der Waals surface area contributed by atoms with Gasteiger partial charge in [0.1, 0.15) is 0 Å². The van der Waals surface area contributed by atoms with Crippen LogP contribution in [-0.2, 0) is 0 Å². The van der Waals surface area contributed by atoms with Gasteiger partial charge in [-0.15, -0.1) is 15.9 Å². The largest absolute Gasteiger partial charge is 0.199 e. The molecule has 0 spiro atoms. The molecule has 4 nitrogen and oxygen atoms in total. The van der Waals surface area contributed by atoms with Crippen LogP contribution < -0.4 is 5.73 Å². The second-order valence-corrected chi connectivity index (χ2v) is 0.979. The van der Waals surface area contributed by atoms with Crippen LogP contribution >= 0.6 is 0 Å². The lowest BCUT2D eigenvalue weighted by atomic mass is 10.6. The molecular weight excluding hydrogens is 92.1 g/mol. The van der Waals surface area contributed by atoms with E-state index in [9.17, 15) is 0 Å². The van der Waals surface area contributed by atoms with Crippen molar-refractivity contribution in [1.29, 1.82) is 0 Å². The molecule has 0 saturated carbocycles. The molecule has 34 valence electrons. The molecule has 1 rings (SSSR count). The van der Waals surface area contributed by atoms with Gasteiger partial charge in [0.15, 0.2) is 5.82 Å². The molecule has 2 radical (unpaired) electrons. The summed E-state index contributed by atoms with van der Waals surface area (Å²) in [4.78, 5) is 0. The summed E-state index contributed by atoms with van der Waals surface area (Å²) in [7, 11) is 0. The van der Waals surface area contributed by atoms with Gasteiger partial charge < -0.3 is 0 Å². The number of rotatable bonds is 0. The molecule has 0 aromatic carbocycles. The van der Waals surface area contributed by atoms with Crippen LogP contribution in [0, 0.1) is 0 Å². The number of aromatic nitrogens is 3. The summed E-state index contributed by atoms with van der Waals surface area (Å²) in [6.07, 6.45) is 1.36. The van der Waals surface area contributed by atoms with Gasteiger partial charge in [-0.3, -0.25) is 0 Å². The van der Waals surface area contributed by atoms with Crippen LogP contribution in [0.1, 0.15) is 0 Å². The quantitative estimate of drug-likeness (QED) is 0.438. The van der Waals surface area contributed by atoms with Gasteiger partial charge in [-0.05, 0) is 5.21 Å². The molecule has 7 heavy (non-hydrogen) atoms. The Labute approximate surface area is 40.4 Å². The monoisotopic (exact) mass is 94.0 g/mol. The van der Waals surface area contributed by atoms with Gasteiger partial charge in [0.25, 0.3) is 0 Å². The maximum Gasteiger partial charge on any atom is 0.199 e. The molecule has 0 atom stereocenters. The van der Waals surface area contributed by atoms with Crippen LogP contribution in [0.5, 0.6) is 0 Å². The highest BCUT2D eigenvalue weighted by Crippen LogP contribution is 1.86. The molecule has 0 unspecified atom stereocenters. The zero-order valence-corrected chi connectivity index (χ0v) is 3.44. The Balaban J connectivity index is 3.02. The fourth-order valence-electron chi connectivity index (χ4n) is 0.235. The van der Waals surface area contributed by atoms with Crippen LogP contribution in [0.25, 0.3) is 0 Å². The average Bonchev–Trinajstić information content (AvgIpc) is 1.69. The molecule has 0 bridgehead atoms. The lowest BCUT2D eigenvalue weighted by molar-refractivity contribution is 0.862. The molecule has 0 amide bonds. The molecule has 0 aliphatic carbocycles. The first-order valence-corrected chi connectivity index (χ1v) is 1.73. The summed E-state index contributed by atoms with van der Waals surface area (Å²) in [6, 6.07) is 1.35. The second kappa shape index (κ2) is 1.51. The second-order valence-electron chi connectivity index (χ2n) is 0.979. The molecular formula is C3H2N4. The van der Waals surface area contributed by atoms with Crippen LogP contribution in [0.2, 0.25) is 0 Å². The van der Waals surface area contributed by atoms with Crippen molar-refractivity contribution in [2.24, 2.45) is 0 Å². The highest BCUT2D eigenvalue weighted by molar-refractivity contribution is 5.15. The number of nitrogens with zero attached hydrogens (tertiary/aromatic N) is 4. The minimum Gasteiger partial charge on any atom is -0.139 e. The summed E-state index contributed by atoms with van der Waals surface area (Å²) in [5, 5.41) is 9.63. The molecule has 0 aliphatic rings. The first-order chi connectivity index (χ1) is 3.39. The van der Waals surface area contributed by atoms with Gasteiger partial charge in [0.05, 0.1) is 6.20 Å². The zero-order valence-electron chi connectivity index (χ0n) is 3.44. The fourth-order valence-corrected chi connectivity index (χ4v) is 0.235. The third kappa shape index (κ3) is 0.819. The molecule has 1 heterocycles. The number of hydrogen-bond donors (Lipinski definition) is 0. The van der Waals surface area contributed by atoms with Crippen molar-refractivity contribution >= 4 is 5.82 Å². The minimum atomic E-state index is -0.102. The van der Waals surface area contributed by atoms with E-state index in [4.69, 9.17) is 5.73 Å². The molecule has 0 aliphatic heterocycles. The van der Waals surface area contributed by atoms with Crippen LogP contribution in [0.15, 0.2) is 12.3 Å². The van der Waals surface area contributed by atoms with E-state index in [0.717, 1.165) is 0 Å². The molecule has 1 aromatic rings. The Morgan fingerprint density at radius 3 is 2.71 bits per heavy atom. The fraction of sp³-hybridized carbons (Fsp3) is 0. The van der Waals surface area contributed by atoms with Crippen LogP contribution in [0.3, 0.4) is 0 Å². The van der Waals surface area contributed by atoms with Gasteiger partial charge in [0, 0.05) is 6.07 Å². The van der Waals surface area contributed by atoms with Gasteiger partial charge in [-0.1, -0.05) is 0 Å². The number of hydrogen-bond acceptors (Lipinski definition) is 3. The Kier molecular flexibility index (Phi) is 0.856. The van der Waals surface area contributed by atoms with E-state index in [1.807, 2.05) is 0 Å². The highest BCUT2D eigenvalue weighted by Gasteiger charge is 1.80. The lowest BCUT2D eigenvalue weighted by Crippen LogP contribution is -1.83. The summed E-state index contributed by atoms with van der Waals surface area (Å²) in [5.41, 5.74) is 8.42. The predicted octanol–water partition coefficient (Wildman–Crippen LogP) is -0.428. The van der Waals surface area contributed by atoms with E-state index >= 15 is 0 Å². The third-order valence-corrected chi connectivity index (χ3v) is 0.489. The summed E-state index contributed by atoms with van der Waals surface area (Å²) in [6.45, 7) is 0. The van der Waals surface area contributed by atoms with Crippen molar-refractivity contribution in [1.82, 2.24) is 21.1 Å². The smallest absolute Gasteiger partial charge is 0.139 e. The van der Waals surface area contributed by atoms with E-state index in [1.165, 1.54) is 12.3 Å². The van der Waals surface area contributed by atoms with Crippen molar-refractivity contribution in [3.63, 3.8) is 0 Å². The normalized spacial score (nSPS) is 8.57. The summed E-state index contributed by atoms with van der Waals surface area (Å²) in [5.74, 6) is -0.102. The highest BCUT2D eigenvalue weighted by atomic mass is 15.3. The zero-order chi connectivity index (χ0) is 5.11. The Morgan fingerprint density at radius 2 is 2.43 bits per heavy atom. The van der Waals surface area contributed by atoms with E-state index in [2.05, 4.69) is 15.4 Å². The van der Waals surface area contributed by atoms with E-state index in [0.29, 0.717) is 0 Å². The van der Waals surface area contributed by atoms with Gasteiger partial charge >= 0.3 is 0 Å². The SMILES string of the molecule is [N]c1ccnnn1. The van der Waals surface area contributed by atoms with Crippen LogP contribution in [-0.4, -0.2) is 15.4 Å². The van der Waals surface area contributed by atoms with Gasteiger partial charge in [-0.2, -0.15) is 0 Å². The maximum atomic E-state index is 8.42. The van der Waals surface area contributed by atoms with Crippen molar-refractivity contribution < 1.29 is 0 Å². The topological polar surface area (TPSA) is 61.0 Å². The third-order valence-electron chi connectivity index (χ3n) is 0.489. The molecule has 0 N–H and O–H groups in total. The van der Waals surface area contributed by atoms with Crippen molar-refractivity contribution in [3.05, 3.63) is 12.3 Å². The standard InChI is InChI=1S/C3H2N4/c4-3-1-2-5-7-6-3/h1-2H. The first kappa shape index (κ1) is 3.98. The average molecular weight is 94.1 g/mol. The lowest BCUT2D eigenvalue weighted by Gasteiger charge is -1.76. The van der Waals surface area contributed by atoms with Crippen molar-refractivity contribution in [3.8, 4) is 0 Å².